The molecule has 8 heteroatoms. The molecule has 168 valence electrons. The highest BCUT2D eigenvalue weighted by Crippen LogP contribution is 2.38. The zero-order valence-electron chi connectivity index (χ0n) is 17.8. The van der Waals surface area contributed by atoms with Gasteiger partial charge in [-0.2, -0.15) is 0 Å². The van der Waals surface area contributed by atoms with Crippen LogP contribution in [0.4, 0.5) is 0 Å². The average molecular weight is 446 g/mol. The highest BCUT2D eigenvalue weighted by Gasteiger charge is 2.31. The monoisotopic (exact) mass is 445 g/mol. The predicted octanol–water partition coefficient (Wildman–Crippen LogP) is 2.40. The first-order valence-electron chi connectivity index (χ1n) is 11.2. The Hall–Kier alpha value is -2.00. The van der Waals surface area contributed by atoms with E-state index in [-0.39, 0.29) is 31.1 Å². The molecular formula is C23H31N3O4S. The number of amides is 2. The number of likely N-dealkylation sites (tertiary alicyclic amines) is 1. The number of thiophene rings is 1. The van der Waals surface area contributed by atoms with Crippen LogP contribution in [0.2, 0.25) is 0 Å². The Labute approximate surface area is 187 Å². The van der Waals surface area contributed by atoms with Gasteiger partial charge in [0.1, 0.15) is 6.10 Å². The van der Waals surface area contributed by atoms with Crippen molar-refractivity contribution in [3.8, 4) is 0 Å². The highest BCUT2D eigenvalue weighted by molar-refractivity contribution is 7.21. The van der Waals surface area contributed by atoms with Gasteiger partial charge in [0.25, 0.3) is 5.91 Å². The third-order valence-electron chi connectivity index (χ3n) is 6.04. The van der Waals surface area contributed by atoms with Crippen molar-refractivity contribution < 1.29 is 19.4 Å². The third-order valence-corrected chi connectivity index (χ3v) is 7.22. The van der Waals surface area contributed by atoms with E-state index in [0.717, 1.165) is 41.6 Å². The molecule has 1 aromatic heterocycles. The first-order valence-corrected chi connectivity index (χ1v) is 12.0. The molecule has 2 saturated heterocycles. The van der Waals surface area contributed by atoms with Crippen LogP contribution in [-0.4, -0.2) is 79.2 Å². The summed E-state index contributed by atoms with van der Waals surface area (Å²) in [6.07, 6.45) is 4.47. The molecule has 0 bridgehead atoms. The van der Waals surface area contributed by atoms with Crippen LogP contribution >= 0.6 is 11.3 Å². The van der Waals surface area contributed by atoms with Gasteiger partial charge in [-0.25, -0.2) is 0 Å². The molecule has 2 fully saturated rings. The minimum absolute atomic E-state index is 0.106. The molecule has 0 spiro atoms. The molecule has 4 rings (SSSR count). The smallest absolute Gasteiger partial charge is 0.261 e. The molecule has 0 aliphatic carbocycles. The Bertz CT molecular complexity index is 907. The van der Waals surface area contributed by atoms with Crippen LogP contribution in [0.15, 0.2) is 24.3 Å². The molecule has 0 radical (unpaired) electrons. The number of hydrogen-bond acceptors (Lipinski definition) is 6. The summed E-state index contributed by atoms with van der Waals surface area (Å²) in [7, 11) is 0. The standard InChI is InChI=1S/C23H31N3O4S/c27-13-9-24-23(29)22-21(17-7-3-4-8-19(17)31-22)18-15-26(12-14-30-18)20(28)16-25-10-5-1-2-6-11-25/h3-4,7-8,18,27H,1-2,5-6,9-16H2,(H,24,29). The van der Waals surface area contributed by atoms with E-state index in [1.807, 2.05) is 29.2 Å². The molecule has 1 atom stereocenters. The van der Waals surface area contributed by atoms with E-state index in [4.69, 9.17) is 9.84 Å². The number of benzene rings is 1. The van der Waals surface area contributed by atoms with Crippen molar-refractivity contribution in [2.45, 2.75) is 31.8 Å². The van der Waals surface area contributed by atoms with Gasteiger partial charge in [0.15, 0.2) is 0 Å². The largest absolute Gasteiger partial charge is 0.395 e. The van der Waals surface area contributed by atoms with Crippen molar-refractivity contribution in [2.75, 3.05) is 52.5 Å². The van der Waals surface area contributed by atoms with E-state index in [9.17, 15) is 9.59 Å². The minimum atomic E-state index is -0.340. The SMILES string of the molecule is O=C(NCCO)c1sc2ccccc2c1C1CN(C(=O)CN2CCCCCC2)CCO1. The number of fused-ring (bicyclic) bond motifs is 1. The van der Waals surface area contributed by atoms with E-state index in [2.05, 4.69) is 10.2 Å². The molecule has 2 N–H and O–H groups in total. The second kappa shape index (κ2) is 10.5. The number of aliphatic hydroxyl groups excluding tert-OH is 1. The predicted molar refractivity (Wildman–Crippen MR) is 121 cm³/mol. The van der Waals surface area contributed by atoms with Gasteiger partial charge in [0.05, 0.1) is 31.2 Å². The molecular weight excluding hydrogens is 414 g/mol. The summed E-state index contributed by atoms with van der Waals surface area (Å²) in [6, 6.07) is 7.92. The lowest BCUT2D eigenvalue weighted by Crippen LogP contribution is -2.47. The third kappa shape index (κ3) is 5.26. The second-order valence-electron chi connectivity index (χ2n) is 8.21. The zero-order chi connectivity index (χ0) is 21.6. The van der Waals surface area contributed by atoms with Gasteiger partial charge in [-0.1, -0.05) is 31.0 Å². The van der Waals surface area contributed by atoms with Crippen LogP contribution in [0.1, 0.15) is 47.0 Å². The minimum Gasteiger partial charge on any atom is -0.395 e. The summed E-state index contributed by atoms with van der Waals surface area (Å²) in [4.78, 5) is 30.6. The van der Waals surface area contributed by atoms with Crippen LogP contribution < -0.4 is 5.32 Å². The topological polar surface area (TPSA) is 82.1 Å². The van der Waals surface area contributed by atoms with Gasteiger partial charge in [-0.05, 0) is 37.4 Å². The number of nitrogens with zero attached hydrogens (tertiary/aromatic N) is 2. The van der Waals surface area contributed by atoms with Crippen molar-refractivity contribution in [1.29, 1.82) is 0 Å². The molecule has 3 heterocycles. The summed E-state index contributed by atoms with van der Waals surface area (Å²) in [6.45, 7) is 4.03. The fourth-order valence-electron chi connectivity index (χ4n) is 4.44. The molecule has 2 aliphatic heterocycles. The molecule has 7 nitrogen and oxygen atoms in total. The van der Waals surface area contributed by atoms with Crippen molar-refractivity contribution in [1.82, 2.24) is 15.1 Å². The number of carbonyl (C=O) groups is 2. The van der Waals surface area contributed by atoms with Gasteiger partial charge < -0.3 is 20.1 Å². The van der Waals surface area contributed by atoms with Gasteiger partial charge in [-0.3, -0.25) is 14.5 Å². The quantitative estimate of drug-likeness (QED) is 0.714. The van der Waals surface area contributed by atoms with E-state index in [1.165, 1.54) is 24.2 Å². The molecule has 2 aromatic rings. The van der Waals surface area contributed by atoms with Crippen LogP contribution in [0, 0.1) is 0 Å². The molecule has 1 aromatic carbocycles. The fourth-order valence-corrected chi connectivity index (χ4v) is 5.61. The molecule has 31 heavy (non-hydrogen) atoms. The average Bonchev–Trinajstić information content (AvgIpc) is 3.00. The summed E-state index contributed by atoms with van der Waals surface area (Å²) in [5, 5.41) is 12.8. The van der Waals surface area contributed by atoms with Crippen LogP contribution in [-0.2, 0) is 9.53 Å². The number of morpholine rings is 1. The first-order chi connectivity index (χ1) is 15.2. The lowest BCUT2D eigenvalue weighted by molar-refractivity contribution is -0.140. The number of carbonyl (C=O) groups excluding carboxylic acids is 2. The summed E-state index contributed by atoms with van der Waals surface area (Å²) in [5.74, 6) is -0.0668. The van der Waals surface area contributed by atoms with E-state index >= 15 is 0 Å². The van der Waals surface area contributed by atoms with E-state index in [0.29, 0.717) is 31.1 Å². The highest BCUT2D eigenvalue weighted by atomic mass is 32.1. The van der Waals surface area contributed by atoms with Gasteiger partial charge in [0.2, 0.25) is 5.91 Å². The molecule has 1 unspecified atom stereocenters. The number of hydrogen-bond donors (Lipinski definition) is 2. The second-order valence-corrected chi connectivity index (χ2v) is 9.26. The Balaban J connectivity index is 1.53. The lowest BCUT2D eigenvalue weighted by atomic mass is 10.0. The Kier molecular flexibility index (Phi) is 7.55. The molecule has 2 aliphatic rings. The summed E-state index contributed by atoms with van der Waals surface area (Å²) >= 11 is 1.43. The van der Waals surface area contributed by atoms with Crippen molar-refractivity contribution in [3.63, 3.8) is 0 Å². The van der Waals surface area contributed by atoms with Crippen molar-refractivity contribution in [2.24, 2.45) is 0 Å². The van der Waals surface area contributed by atoms with Gasteiger partial charge in [0, 0.05) is 23.4 Å². The normalized spacial score (nSPS) is 20.5. The summed E-state index contributed by atoms with van der Waals surface area (Å²) in [5.41, 5.74) is 0.850. The van der Waals surface area contributed by atoms with E-state index < -0.39 is 0 Å². The first kappa shape index (κ1) is 22.2. The van der Waals surface area contributed by atoms with Gasteiger partial charge in [-0.15, -0.1) is 11.3 Å². The Morgan fingerprint density at radius 2 is 1.90 bits per heavy atom. The van der Waals surface area contributed by atoms with E-state index in [1.54, 1.807) is 0 Å². The molecule has 2 amide bonds. The van der Waals surface area contributed by atoms with Crippen LogP contribution in [0.25, 0.3) is 10.1 Å². The Morgan fingerprint density at radius 3 is 2.68 bits per heavy atom. The van der Waals surface area contributed by atoms with Crippen molar-refractivity contribution >= 4 is 33.2 Å². The maximum atomic E-state index is 13.0. The number of aliphatic hydroxyl groups is 1. The number of ether oxygens (including phenoxy) is 1. The number of nitrogens with one attached hydrogen (secondary N) is 1. The fraction of sp³-hybridized carbons (Fsp3) is 0.565. The summed E-state index contributed by atoms with van der Waals surface area (Å²) < 4.78 is 7.10. The van der Waals surface area contributed by atoms with Crippen LogP contribution in [0.5, 0.6) is 0 Å². The Morgan fingerprint density at radius 1 is 1.13 bits per heavy atom. The lowest BCUT2D eigenvalue weighted by Gasteiger charge is -2.34. The van der Waals surface area contributed by atoms with Crippen molar-refractivity contribution in [3.05, 3.63) is 34.7 Å². The maximum Gasteiger partial charge on any atom is 0.261 e. The molecule has 0 saturated carbocycles. The van der Waals surface area contributed by atoms with Gasteiger partial charge >= 0.3 is 0 Å². The zero-order valence-corrected chi connectivity index (χ0v) is 18.7. The van der Waals surface area contributed by atoms with Crippen LogP contribution in [0.3, 0.4) is 0 Å². The maximum absolute atomic E-state index is 13.0. The number of rotatable bonds is 6.